The Hall–Kier alpha value is -3.53. The molecule has 2 aromatic carbocycles. The third-order valence-electron chi connectivity index (χ3n) is 4.03. The van der Waals surface area contributed by atoms with Crippen LogP contribution in [0.5, 0.6) is 5.75 Å². The number of ether oxygens (including phenoxy) is 1. The van der Waals surface area contributed by atoms with Crippen molar-refractivity contribution in [1.82, 2.24) is 10.7 Å². The van der Waals surface area contributed by atoms with Crippen LogP contribution < -0.4 is 20.4 Å². The summed E-state index contributed by atoms with van der Waals surface area (Å²) >= 11 is 3.27. The molecule has 9 nitrogen and oxygen atoms in total. The van der Waals surface area contributed by atoms with Gasteiger partial charge in [0.1, 0.15) is 5.75 Å². The van der Waals surface area contributed by atoms with Gasteiger partial charge in [-0.05, 0) is 48.5 Å². The number of halogens is 1. The topological polar surface area (TPSA) is 117 Å². The molecule has 3 rings (SSSR count). The first-order valence-electron chi connectivity index (χ1n) is 8.32. The lowest BCUT2D eigenvalue weighted by Gasteiger charge is -2.28. The largest absolute Gasteiger partial charge is 0.497 e. The summed E-state index contributed by atoms with van der Waals surface area (Å²) < 4.78 is 5.86. The fourth-order valence-corrected chi connectivity index (χ4v) is 2.80. The lowest BCUT2D eigenvalue weighted by Crippen LogP contribution is -2.58. The van der Waals surface area contributed by atoms with E-state index in [4.69, 9.17) is 4.74 Å². The highest BCUT2D eigenvalue weighted by Crippen LogP contribution is 2.23. The summed E-state index contributed by atoms with van der Waals surface area (Å²) in [5.74, 6) is -2.96. The van der Waals surface area contributed by atoms with Gasteiger partial charge in [0.15, 0.2) is 5.92 Å². The molecule has 5 amide bonds. The summed E-state index contributed by atoms with van der Waals surface area (Å²) in [6, 6.07) is 11.8. The van der Waals surface area contributed by atoms with Crippen LogP contribution in [-0.2, 0) is 9.59 Å². The van der Waals surface area contributed by atoms with E-state index in [1.165, 1.54) is 19.2 Å². The van der Waals surface area contributed by atoms with Crippen LogP contribution in [0.15, 0.2) is 58.1 Å². The van der Waals surface area contributed by atoms with Crippen molar-refractivity contribution in [3.63, 3.8) is 0 Å². The molecule has 29 heavy (non-hydrogen) atoms. The van der Waals surface area contributed by atoms with E-state index in [0.717, 1.165) is 15.6 Å². The molecule has 0 aromatic heterocycles. The second-order valence-corrected chi connectivity index (χ2v) is 6.79. The Morgan fingerprint density at radius 2 is 1.79 bits per heavy atom. The van der Waals surface area contributed by atoms with Crippen molar-refractivity contribution >= 4 is 51.6 Å². The number of amides is 5. The highest BCUT2D eigenvalue weighted by Gasteiger charge is 2.40. The fraction of sp³-hybridized carbons (Fsp3) is 0.105. The molecule has 1 fully saturated rings. The number of nitrogens with one attached hydrogen (secondary N) is 2. The van der Waals surface area contributed by atoms with Crippen LogP contribution in [0.4, 0.5) is 10.5 Å². The van der Waals surface area contributed by atoms with Gasteiger partial charge in [0, 0.05) is 16.3 Å². The zero-order chi connectivity index (χ0) is 21.0. The van der Waals surface area contributed by atoms with Crippen LogP contribution in [0.25, 0.3) is 0 Å². The number of methoxy groups -OCH3 is 1. The van der Waals surface area contributed by atoms with E-state index < -0.39 is 29.7 Å². The van der Waals surface area contributed by atoms with Gasteiger partial charge in [0.05, 0.1) is 12.8 Å². The first-order chi connectivity index (χ1) is 13.9. The number of urea groups is 1. The molecule has 1 unspecified atom stereocenters. The van der Waals surface area contributed by atoms with Crippen molar-refractivity contribution in [2.45, 2.75) is 0 Å². The molecule has 10 heteroatoms. The van der Waals surface area contributed by atoms with Gasteiger partial charge >= 0.3 is 6.03 Å². The van der Waals surface area contributed by atoms with Crippen LogP contribution in [0.2, 0.25) is 0 Å². The molecule has 1 aliphatic rings. The zero-order valence-electron chi connectivity index (χ0n) is 15.1. The Balaban J connectivity index is 1.73. The quantitative estimate of drug-likeness (QED) is 0.404. The molecule has 1 heterocycles. The number of benzene rings is 2. The maximum absolute atomic E-state index is 12.7. The SMILES string of the molecule is COc1ccc(N2C(=O)NC(=O)C(C=NNC(=O)c3ccc(Br)cc3)C2=O)cc1. The number of carbonyl (C=O) groups excluding carboxylic acids is 4. The summed E-state index contributed by atoms with van der Waals surface area (Å²) in [5, 5.41) is 5.80. The van der Waals surface area contributed by atoms with E-state index in [0.29, 0.717) is 11.3 Å². The average molecular weight is 459 g/mol. The monoisotopic (exact) mass is 458 g/mol. The lowest BCUT2D eigenvalue weighted by molar-refractivity contribution is -0.131. The summed E-state index contributed by atoms with van der Waals surface area (Å²) in [6.07, 6.45) is 0.984. The number of imide groups is 2. The van der Waals surface area contributed by atoms with Gasteiger partial charge in [-0.25, -0.2) is 15.1 Å². The van der Waals surface area contributed by atoms with Crippen molar-refractivity contribution in [3.8, 4) is 5.75 Å². The number of hydrogen-bond donors (Lipinski definition) is 2. The Bertz CT molecular complexity index is 989. The molecule has 0 aliphatic carbocycles. The van der Waals surface area contributed by atoms with Gasteiger partial charge in [-0.2, -0.15) is 5.10 Å². The predicted molar refractivity (Wildman–Crippen MR) is 108 cm³/mol. The third-order valence-corrected chi connectivity index (χ3v) is 4.56. The Labute approximate surface area is 173 Å². The summed E-state index contributed by atoms with van der Waals surface area (Å²) in [5.41, 5.74) is 2.86. The Kier molecular flexibility index (Phi) is 6.03. The maximum Gasteiger partial charge on any atom is 0.335 e. The van der Waals surface area contributed by atoms with Crippen molar-refractivity contribution < 1.29 is 23.9 Å². The molecule has 2 aromatic rings. The normalized spacial score (nSPS) is 16.7. The number of hydrogen-bond acceptors (Lipinski definition) is 6. The molecule has 148 valence electrons. The van der Waals surface area contributed by atoms with E-state index >= 15 is 0 Å². The minimum atomic E-state index is -1.37. The minimum Gasteiger partial charge on any atom is -0.497 e. The number of hydrazone groups is 1. The van der Waals surface area contributed by atoms with E-state index in [-0.39, 0.29) is 5.69 Å². The van der Waals surface area contributed by atoms with E-state index in [9.17, 15) is 19.2 Å². The molecule has 1 aliphatic heterocycles. The number of rotatable bonds is 5. The molecule has 0 spiro atoms. The molecule has 2 N–H and O–H groups in total. The predicted octanol–water partition coefficient (Wildman–Crippen LogP) is 2.07. The maximum atomic E-state index is 12.7. The Morgan fingerprint density at radius 1 is 1.14 bits per heavy atom. The van der Waals surface area contributed by atoms with Gasteiger partial charge < -0.3 is 4.74 Å². The Morgan fingerprint density at radius 3 is 2.41 bits per heavy atom. The van der Waals surface area contributed by atoms with Crippen molar-refractivity contribution in [3.05, 3.63) is 58.6 Å². The molecule has 0 radical (unpaired) electrons. The number of anilines is 1. The second-order valence-electron chi connectivity index (χ2n) is 5.87. The standard InChI is InChI=1S/C19H15BrN4O5/c1-29-14-8-6-13(7-9-14)24-18(27)15(17(26)22-19(24)28)10-21-23-16(25)11-2-4-12(20)5-3-11/h2-10,15H,1H3,(H,23,25)(H,22,26,28). The molecule has 0 saturated carbocycles. The van der Waals surface area contributed by atoms with E-state index in [2.05, 4.69) is 31.8 Å². The van der Waals surface area contributed by atoms with Gasteiger partial charge in [0.25, 0.3) is 11.8 Å². The van der Waals surface area contributed by atoms with Gasteiger partial charge in [0.2, 0.25) is 5.91 Å². The van der Waals surface area contributed by atoms with Gasteiger partial charge in [-0.15, -0.1) is 0 Å². The number of nitrogens with zero attached hydrogens (tertiary/aromatic N) is 2. The smallest absolute Gasteiger partial charge is 0.335 e. The van der Waals surface area contributed by atoms with Gasteiger partial charge in [-0.3, -0.25) is 19.7 Å². The first-order valence-corrected chi connectivity index (χ1v) is 9.12. The van der Waals surface area contributed by atoms with E-state index in [1.807, 2.05) is 0 Å². The fourth-order valence-electron chi connectivity index (χ4n) is 2.53. The van der Waals surface area contributed by atoms with Gasteiger partial charge in [-0.1, -0.05) is 15.9 Å². The second kappa shape index (κ2) is 8.65. The van der Waals surface area contributed by atoms with Crippen LogP contribution >= 0.6 is 15.9 Å². The molecule has 1 atom stereocenters. The number of barbiturate groups is 1. The van der Waals surface area contributed by atoms with Crippen LogP contribution in [0, 0.1) is 5.92 Å². The molecule has 0 bridgehead atoms. The number of carbonyl (C=O) groups is 4. The summed E-state index contributed by atoms with van der Waals surface area (Å²) in [4.78, 5) is 49.8. The van der Waals surface area contributed by atoms with Crippen molar-refractivity contribution in [2.75, 3.05) is 12.0 Å². The van der Waals surface area contributed by atoms with Crippen LogP contribution in [-0.4, -0.2) is 37.1 Å². The zero-order valence-corrected chi connectivity index (χ0v) is 16.7. The minimum absolute atomic E-state index is 0.262. The van der Waals surface area contributed by atoms with Crippen molar-refractivity contribution in [1.29, 1.82) is 0 Å². The lowest BCUT2D eigenvalue weighted by atomic mass is 10.1. The average Bonchev–Trinajstić information content (AvgIpc) is 2.71. The van der Waals surface area contributed by atoms with Crippen LogP contribution in [0.3, 0.4) is 0 Å². The first kappa shape index (κ1) is 20.2. The van der Waals surface area contributed by atoms with Crippen molar-refractivity contribution in [2.24, 2.45) is 11.0 Å². The summed E-state index contributed by atoms with van der Waals surface area (Å²) in [7, 11) is 1.49. The molecular weight excluding hydrogens is 444 g/mol. The highest BCUT2D eigenvalue weighted by molar-refractivity contribution is 9.10. The van der Waals surface area contributed by atoms with E-state index in [1.54, 1.807) is 36.4 Å². The molecular formula is C19H15BrN4O5. The molecule has 1 saturated heterocycles. The summed E-state index contributed by atoms with van der Waals surface area (Å²) in [6.45, 7) is 0. The van der Waals surface area contributed by atoms with Crippen LogP contribution in [0.1, 0.15) is 10.4 Å². The third kappa shape index (κ3) is 4.49. The highest BCUT2D eigenvalue weighted by atomic mass is 79.9.